The predicted molar refractivity (Wildman–Crippen MR) is 149 cm³/mol. The van der Waals surface area contributed by atoms with Crippen LogP contribution in [0.2, 0.25) is 0 Å². The van der Waals surface area contributed by atoms with Crippen LogP contribution in [-0.4, -0.2) is 11.6 Å². The Morgan fingerprint density at radius 3 is 1.11 bits per heavy atom. The lowest BCUT2D eigenvalue weighted by Crippen LogP contribution is -2.18. The van der Waals surface area contributed by atoms with Gasteiger partial charge in [-0.25, -0.2) is 0 Å². The molecule has 0 radical (unpaired) electrons. The van der Waals surface area contributed by atoms with Crippen LogP contribution in [0.1, 0.15) is 46.9 Å². The molecule has 0 unspecified atom stereocenters. The minimum Gasteiger partial charge on any atom is -0.295 e. The van der Waals surface area contributed by atoms with Crippen LogP contribution in [0.5, 0.6) is 0 Å². The Kier molecular flexibility index (Phi) is 8.94. The molecule has 0 aliphatic carbocycles. The molecule has 0 saturated carbocycles. The molecule has 0 aliphatic rings. The van der Waals surface area contributed by atoms with Gasteiger partial charge in [-0.05, 0) is 46.2 Å². The molecule has 0 heterocycles. The zero-order valence-corrected chi connectivity index (χ0v) is 20.2. The van der Waals surface area contributed by atoms with E-state index >= 15 is 0 Å². The zero-order chi connectivity index (χ0) is 25.0. The molecule has 0 fully saturated rings. The summed E-state index contributed by atoms with van der Waals surface area (Å²) in [5.74, 6) is -0.173. The van der Waals surface area contributed by atoms with Crippen molar-refractivity contribution in [2.45, 2.75) is 24.7 Å². The van der Waals surface area contributed by atoms with Crippen LogP contribution < -0.4 is 0 Å². The Bertz CT molecular complexity index is 1190. The number of allylic oxidation sites excluding steroid dienone is 2. The van der Waals surface area contributed by atoms with E-state index in [-0.39, 0.29) is 23.4 Å². The fraction of sp³-hybridized carbons (Fsp3) is 0.118. The Balaban J connectivity index is 1.61. The van der Waals surface area contributed by atoms with Gasteiger partial charge in [-0.15, -0.1) is 0 Å². The summed E-state index contributed by atoms with van der Waals surface area (Å²) in [6, 6.07) is 39.8. The van der Waals surface area contributed by atoms with E-state index in [2.05, 4.69) is 24.3 Å². The van der Waals surface area contributed by atoms with Gasteiger partial charge in [-0.2, -0.15) is 0 Å². The summed E-state index contributed by atoms with van der Waals surface area (Å²) in [5.41, 5.74) is 4.10. The number of rotatable bonds is 11. The summed E-state index contributed by atoms with van der Waals surface area (Å²) in [7, 11) is 0. The molecule has 0 amide bonds. The van der Waals surface area contributed by atoms with Crippen LogP contribution in [0.4, 0.5) is 0 Å². The van der Waals surface area contributed by atoms with Crippen molar-refractivity contribution in [1.82, 2.24) is 0 Å². The van der Waals surface area contributed by atoms with Crippen molar-refractivity contribution in [2.24, 2.45) is 0 Å². The number of carbonyl (C=O) groups excluding carboxylic acids is 2. The van der Waals surface area contributed by atoms with Crippen molar-refractivity contribution in [1.29, 1.82) is 0 Å². The van der Waals surface area contributed by atoms with E-state index in [4.69, 9.17) is 0 Å². The number of carbonyl (C=O) groups is 2. The highest BCUT2D eigenvalue weighted by Crippen LogP contribution is 2.39. The van der Waals surface area contributed by atoms with Gasteiger partial charge >= 0.3 is 0 Å². The fourth-order valence-corrected chi connectivity index (χ4v) is 4.46. The van der Waals surface area contributed by atoms with Crippen molar-refractivity contribution in [3.05, 3.63) is 156 Å². The van der Waals surface area contributed by atoms with Gasteiger partial charge in [0.1, 0.15) is 0 Å². The van der Waals surface area contributed by atoms with Crippen LogP contribution in [0, 0.1) is 0 Å². The van der Waals surface area contributed by atoms with Gasteiger partial charge in [0.15, 0.2) is 11.6 Å². The van der Waals surface area contributed by atoms with E-state index in [0.717, 1.165) is 22.3 Å². The second-order valence-corrected chi connectivity index (χ2v) is 8.86. The first-order chi connectivity index (χ1) is 17.7. The molecule has 2 nitrogen and oxygen atoms in total. The summed E-state index contributed by atoms with van der Waals surface area (Å²) in [5, 5.41) is 0. The van der Waals surface area contributed by atoms with Crippen LogP contribution in [-0.2, 0) is 9.59 Å². The molecule has 0 saturated heterocycles. The zero-order valence-electron chi connectivity index (χ0n) is 20.2. The highest BCUT2D eigenvalue weighted by atomic mass is 16.1. The lowest BCUT2D eigenvalue weighted by Gasteiger charge is -2.27. The molecule has 0 aliphatic heterocycles. The van der Waals surface area contributed by atoms with Gasteiger partial charge in [0.05, 0.1) is 0 Å². The molecule has 2 heteroatoms. The van der Waals surface area contributed by atoms with E-state index in [1.54, 1.807) is 12.2 Å². The molecule has 0 N–H and O–H groups in total. The summed E-state index contributed by atoms with van der Waals surface area (Å²) in [6.45, 7) is 0. The maximum Gasteiger partial charge on any atom is 0.156 e. The number of ketones is 2. The van der Waals surface area contributed by atoms with Gasteiger partial charge in [-0.1, -0.05) is 133 Å². The van der Waals surface area contributed by atoms with E-state index < -0.39 is 0 Å². The van der Waals surface area contributed by atoms with E-state index in [0.29, 0.717) is 12.8 Å². The highest BCUT2D eigenvalue weighted by Gasteiger charge is 2.28. The van der Waals surface area contributed by atoms with Gasteiger partial charge in [-0.3, -0.25) is 9.59 Å². The molecule has 0 spiro atoms. The molecule has 178 valence electrons. The van der Waals surface area contributed by atoms with Crippen LogP contribution >= 0.6 is 0 Å². The first kappa shape index (κ1) is 24.8. The predicted octanol–water partition coefficient (Wildman–Crippen LogP) is 7.90. The number of hydrogen-bond acceptors (Lipinski definition) is 2. The third-order valence-corrected chi connectivity index (χ3v) is 6.31. The maximum atomic E-state index is 13.1. The summed E-state index contributed by atoms with van der Waals surface area (Å²) in [4.78, 5) is 26.3. The standard InChI is InChI=1S/C34H30O2/c35-31(23-21-27-13-5-1-6-14-27)25-33(29-17-9-3-10-18-29)34(30-19-11-4-12-20-30)26-32(36)24-22-28-15-7-2-8-16-28/h1-24,33-34H,25-26H2/b23-21-,24-22-/t33-,34-/m0/s1. The van der Waals surface area contributed by atoms with Crippen molar-refractivity contribution in [3.63, 3.8) is 0 Å². The van der Waals surface area contributed by atoms with Gasteiger partial charge in [0.2, 0.25) is 0 Å². The average molecular weight is 471 g/mol. The van der Waals surface area contributed by atoms with E-state index in [1.165, 1.54) is 0 Å². The molecule has 4 aromatic rings. The monoisotopic (exact) mass is 470 g/mol. The quantitative estimate of drug-likeness (QED) is 0.209. The lowest BCUT2D eigenvalue weighted by atomic mass is 9.76. The molecule has 0 aromatic heterocycles. The van der Waals surface area contributed by atoms with E-state index in [9.17, 15) is 9.59 Å². The van der Waals surface area contributed by atoms with Crippen molar-refractivity contribution in [3.8, 4) is 0 Å². The Hall–Kier alpha value is -4.30. The summed E-state index contributed by atoms with van der Waals surface area (Å²) >= 11 is 0. The minimum atomic E-state index is -0.129. The van der Waals surface area contributed by atoms with Gasteiger partial charge in [0.25, 0.3) is 0 Å². The highest BCUT2D eigenvalue weighted by molar-refractivity contribution is 5.95. The lowest BCUT2D eigenvalue weighted by molar-refractivity contribution is -0.117. The van der Waals surface area contributed by atoms with Crippen molar-refractivity contribution in [2.75, 3.05) is 0 Å². The van der Waals surface area contributed by atoms with Crippen LogP contribution in [0.25, 0.3) is 12.2 Å². The second kappa shape index (κ2) is 13.0. The topological polar surface area (TPSA) is 34.1 Å². The van der Waals surface area contributed by atoms with Gasteiger partial charge in [0, 0.05) is 12.8 Å². The van der Waals surface area contributed by atoms with Crippen molar-refractivity contribution >= 4 is 23.7 Å². The number of benzene rings is 4. The normalized spacial score (nSPS) is 13.0. The number of hydrogen-bond donors (Lipinski definition) is 0. The fourth-order valence-electron chi connectivity index (χ4n) is 4.46. The molecule has 36 heavy (non-hydrogen) atoms. The largest absolute Gasteiger partial charge is 0.295 e. The Labute approximate surface area is 213 Å². The van der Waals surface area contributed by atoms with E-state index in [1.807, 2.05) is 109 Å². The third kappa shape index (κ3) is 7.35. The average Bonchev–Trinajstić information content (AvgIpc) is 2.95. The first-order valence-corrected chi connectivity index (χ1v) is 12.3. The summed E-state index contributed by atoms with van der Waals surface area (Å²) < 4.78 is 0. The summed E-state index contributed by atoms with van der Waals surface area (Å²) in [6.07, 6.45) is 7.67. The molecule has 2 atom stereocenters. The molecule has 0 bridgehead atoms. The first-order valence-electron chi connectivity index (χ1n) is 12.3. The van der Waals surface area contributed by atoms with Crippen molar-refractivity contribution < 1.29 is 9.59 Å². The molecule has 4 rings (SSSR count). The molecular weight excluding hydrogens is 440 g/mol. The Morgan fingerprint density at radius 2 is 0.778 bits per heavy atom. The van der Waals surface area contributed by atoms with Gasteiger partial charge < -0.3 is 0 Å². The Morgan fingerprint density at radius 1 is 0.472 bits per heavy atom. The van der Waals surface area contributed by atoms with Crippen LogP contribution in [0.15, 0.2) is 133 Å². The van der Waals surface area contributed by atoms with Crippen LogP contribution in [0.3, 0.4) is 0 Å². The smallest absolute Gasteiger partial charge is 0.156 e. The maximum absolute atomic E-state index is 13.1. The SMILES string of the molecule is O=C(/C=C\c1ccccc1)C[C@@H](c1ccccc1)[C@@H](CC(=O)/C=C\c1ccccc1)c1ccccc1. The minimum absolute atomic E-state index is 0.0425. The molecule has 4 aromatic carbocycles. The second-order valence-electron chi connectivity index (χ2n) is 8.86. The third-order valence-electron chi connectivity index (χ3n) is 6.31. The molecular formula is C34H30O2.